The lowest BCUT2D eigenvalue weighted by Gasteiger charge is -2.02. The van der Waals surface area contributed by atoms with Crippen molar-refractivity contribution in [2.24, 2.45) is 0 Å². The molecule has 82 valence electrons. The molecule has 0 saturated carbocycles. The highest BCUT2D eigenvalue weighted by atomic mass is 16.3. The fourth-order valence-corrected chi connectivity index (χ4v) is 1.35. The van der Waals surface area contributed by atoms with Crippen LogP contribution in [0.3, 0.4) is 0 Å². The molecule has 0 saturated heterocycles. The molecule has 0 spiro atoms. The van der Waals surface area contributed by atoms with Gasteiger partial charge in [-0.05, 0) is 18.6 Å². The molecule has 2 rings (SSSR count). The Balaban J connectivity index is 2.33. The number of aromatic nitrogens is 3. The first-order chi connectivity index (χ1) is 7.66. The van der Waals surface area contributed by atoms with Gasteiger partial charge in [-0.15, -0.1) is 0 Å². The zero-order chi connectivity index (χ0) is 11.5. The normalized spacial score (nSPS) is 10.3. The summed E-state index contributed by atoms with van der Waals surface area (Å²) in [6.45, 7) is 1.52. The summed E-state index contributed by atoms with van der Waals surface area (Å²) in [6, 6.07) is 3.69. The SMILES string of the molecule is Cc1c(O)nc(Cc2cccnc2)[nH]c1=O. The number of pyridine rings is 1. The summed E-state index contributed by atoms with van der Waals surface area (Å²) >= 11 is 0. The molecule has 2 heterocycles. The van der Waals surface area contributed by atoms with Gasteiger partial charge in [0.1, 0.15) is 5.82 Å². The van der Waals surface area contributed by atoms with Crippen LogP contribution in [0.5, 0.6) is 5.88 Å². The Bertz CT molecular complexity index is 549. The lowest BCUT2D eigenvalue weighted by atomic mass is 10.2. The van der Waals surface area contributed by atoms with E-state index in [9.17, 15) is 9.90 Å². The van der Waals surface area contributed by atoms with E-state index in [1.165, 1.54) is 6.92 Å². The van der Waals surface area contributed by atoms with Gasteiger partial charge in [-0.25, -0.2) is 0 Å². The van der Waals surface area contributed by atoms with Gasteiger partial charge in [0.05, 0.1) is 5.56 Å². The summed E-state index contributed by atoms with van der Waals surface area (Å²) in [6.07, 6.45) is 3.81. The molecule has 0 amide bonds. The van der Waals surface area contributed by atoms with Gasteiger partial charge < -0.3 is 10.1 Å². The quantitative estimate of drug-likeness (QED) is 0.778. The van der Waals surface area contributed by atoms with Crippen molar-refractivity contribution in [3.8, 4) is 5.88 Å². The van der Waals surface area contributed by atoms with E-state index in [1.54, 1.807) is 12.4 Å². The Morgan fingerprint density at radius 1 is 1.50 bits per heavy atom. The van der Waals surface area contributed by atoms with Gasteiger partial charge >= 0.3 is 0 Å². The first kappa shape index (κ1) is 10.4. The van der Waals surface area contributed by atoms with Gasteiger partial charge in [-0.2, -0.15) is 4.98 Å². The van der Waals surface area contributed by atoms with Gasteiger partial charge in [-0.1, -0.05) is 6.07 Å². The molecule has 5 nitrogen and oxygen atoms in total. The van der Waals surface area contributed by atoms with Gasteiger partial charge in [0.15, 0.2) is 0 Å². The lowest BCUT2D eigenvalue weighted by molar-refractivity contribution is 0.443. The molecule has 5 heteroatoms. The molecule has 0 bridgehead atoms. The third-order valence-corrected chi connectivity index (χ3v) is 2.27. The molecule has 0 fully saturated rings. The highest BCUT2D eigenvalue weighted by Crippen LogP contribution is 2.09. The highest BCUT2D eigenvalue weighted by molar-refractivity contribution is 5.22. The standard InChI is InChI=1S/C11H11N3O2/c1-7-10(15)13-9(14-11(7)16)5-8-3-2-4-12-6-8/h2-4,6H,5H2,1H3,(H2,13,14,15,16). The first-order valence-corrected chi connectivity index (χ1v) is 4.84. The van der Waals surface area contributed by atoms with Crippen molar-refractivity contribution in [2.75, 3.05) is 0 Å². The van der Waals surface area contributed by atoms with Gasteiger partial charge in [0, 0.05) is 18.8 Å². The van der Waals surface area contributed by atoms with Crippen LogP contribution in [0.25, 0.3) is 0 Å². The molecule has 2 N–H and O–H groups in total. The summed E-state index contributed by atoms with van der Waals surface area (Å²) in [5.74, 6) is 0.212. The maximum atomic E-state index is 11.4. The molecule has 16 heavy (non-hydrogen) atoms. The molecule has 2 aromatic heterocycles. The van der Waals surface area contributed by atoms with Crippen LogP contribution in [0, 0.1) is 6.92 Å². The fourth-order valence-electron chi connectivity index (χ4n) is 1.35. The number of hydrogen-bond donors (Lipinski definition) is 2. The van der Waals surface area contributed by atoms with Crippen molar-refractivity contribution in [3.63, 3.8) is 0 Å². The van der Waals surface area contributed by atoms with Gasteiger partial charge in [0.2, 0.25) is 5.88 Å². The number of nitrogens with one attached hydrogen (secondary N) is 1. The van der Waals surface area contributed by atoms with Crippen LogP contribution in [-0.2, 0) is 6.42 Å². The molecule has 0 unspecified atom stereocenters. The molecule has 0 aliphatic heterocycles. The van der Waals surface area contributed by atoms with Crippen LogP contribution in [0.2, 0.25) is 0 Å². The Hall–Kier alpha value is -2.17. The van der Waals surface area contributed by atoms with Crippen LogP contribution in [0.1, 0.15) is 17.0 Å². The number of aromatic amines is 1. The number of H-pyrrole nitrogens is 1. The van der Waals surface area contributed by atoms with E-state index in [-0.39, 0.29) is 17.0 Å². The topological polar surface area (TPSA) is 78.9 Å². The first-order valence-electron chi connectivity index (χ1n) is 4.84. The Morgan fingerprint density at radius 2 is 2.31 bits per heavy atom. The number of aromatic hydroxyl groups is 1. The molecular weight excluding hydrogens is 206 g/mol. The predicted octanol–water partition coefficient (Wildman–Crippen LogP) is 0.770. The summed E-state index contributed by atoms with van der Waals surface area (Å²) in [7, 11) is 0. The van der Waals surface area contributed by atoms with Gasteiger partial charge in [0.25, 0.3) is 5.56 Å². The van der Waals surface area contributed by atoms with Crippen molar-refractivity contribution in [2.45, 2.75) is 13.3 Å². The molecule has 0 atom stereocenters. The number of rotatable bonds is 2. The molecule has 0 aliphatic rings. The van der Waals surface area contributed by atoms with Crippen molar-refractivity contribution >= 4 is 0 Å². The predicted molar refractivity (Wildman–Crippen MR) is 58.3 cm³/mol. The second-order valence-electron chi connectivity index (χ2n) is 3.50. The van der Waals surface area contributed by atoms with E-state index in [1.807, 2.05) is 12.1 Å². The summed E-state index contributed by atoms with van der Waals surface area (Å²) in [4.78, 5) is 21.9. The van der Waals surface area contributed by atoms with Crippen LogP contribution in [-0.4, -0.2) is 20.1 Å². The molecule has 0 aromatic carbocycles. The minimum Gasteiger partial charge on any atom is -0.493 e. The zero-order valence-corrected chi connectivity index (χ0v) is 8.77. The fraction of sp³-hybridized carbons (Fsp3) is 0.182. The average molecular weight is 217 g/mol. The van der Waals surface area contributed by atoms with Crippen molar-refractivity contribution in [1.29, 1.82) is 0 Å². The smallest absolute Gasteiger partial charge is 0.257 e. The Kier molecular flexibility index (Phi) is 2.68. The largest absolute Gasteiger partial charge is 0.493 e. The summed E-state index contributed by atoms with van der Waals surface area (Å²) < 4.78 is 0. The monoisotopic (exact) mass is 217 g/mol. The minimum absolute atomic E-state index is 0.220. The van der Waals surface area contributed by atoms with Crippen LogP contribution in [0.15, 0.2) is 29.3 Å². The van der Waals surface area contributed by atoms with Crippen LogP contribution in [0.4, 0.5) is 0 Å². The van der Waals surface area contributed by atoms with Gasteiger partial charge in [-0.3, -0.25) is 9.78 Å². The average Bonchev–Trinajstić information content (AvgIpc) is 2.27. The second-order valence-corrected chi connectivity index (χ2v) is 3.50. The molecule has 0 aliphatic carbocycles. The summed E-state index contributed by atoms with van der Waals surface area (Å²) in [5.41, 5.74) is 0.843. The van der Waals surface area contributed by atoms with E-state index >= 15 is 0 Å². The van der Waals surface area contributed by atoms with E-state index < -0.39 is 0 Å². The van der Waals surface area contributed by atoms with Crippen LogP contribution < -0.4 is 5.56 Å². The minimum atomic E-state index is -0.314. The maximum absolute atomic E-state index is 11.4. The molecule has 0 radical (unpaired) electrons. The lowest BCUT2D eigenvalue weighted by Crippen LogP contribution is -2.14. The number of hydrogen-bond acceptors (Lipinski definition) is 4. The van der Waals surface area contributed by atoms with Crippen molar-refractivity contribution in [3.05, 3.63) is 51.8 Å². The van der Waals surface area contributed by atoms with E-state index in [2.05, 4.69) is 15.0 Å². The summed E-state index contributed by atoms with van der Waals surface area (Å²) in [5, 5.41) is 9.41. The number of nitrogens with zero attached hydrogens (tertiary/aromatic N) is 2. The molecule has 2 aromatic rings. The third kappa shape index (κ3) is 2.08. The maximum Gasteiger partial charge on any atom is 0.257 e. The zero-order valence-electron chi connectivity index (χ0n) is 8.77. The Morgan fingerprint density at radius 3 is 2.94 bits per heavy atom. The highest BCUT2D eigenvalue weighted by Gasteiger charge is 2.06. The third-order valence-electron chi connectivity index (χ3n) is 2.27. The van der Waals surface area contributed by atoms with Crippen molar-refractivity contribution < 1.29 is 5.11 Å². The molecular formula is C11H11N3O2. The second kappa shape index (κ2) is 4.14. The van der Waals surface area contributed by atoms with E-state index in [4.69, 9.17) is 0 Å². The van der Waals surface area contributed by atoms with Crippen molar-refractivity contribution in [1.82, 2.24) is 15.0 Å². The van der Waals surface area contributed by atoms with E-state index in [0.29, 0.717) is 12.2 Å². The van der Waals surface area contributed by atoms with E-state index in [0.717, 1.165) is 5.56 Å². The van der Waals surface area contributed by atoms with Crippen LogP contribution >= 0.6 is 0 Å². The Labute approximate surface area is 91.8 Å².